The highest BCUT2D eigenvalue weighted by molar-refractivity contribution is 5.94. The third-order valence-electron chi connectivity index (χ3n) is 7.13. The maximum Gasteiger partial charge on any atom is 0.251 e. The number of carbonyl (C=O) groups is 2. The van der Waals surface area contributed by atoms with E-state index in [1.54, 1.807) is 31.1 Å². The van der Waals surface area contributed by atoms with Crippen molar-refractivity contribution in [1.82, 2.24) is 15.1 Å². The molecule has 6 heteroatoms. The minimum atomic E-state index is -0.838. The molecule has 0 radical (unpaired) electrons. The Hall–Kier alpha value is -3.48. The predicted octanol–water partition coefficient (Wildman–Crippen LogP) is 3.32. The van der Waals surface area contributed by atoms with Gasteiger partial charge in [0.2, 0.25) is 5.91 Å². The minimum Gasteiger partial charge on any atom is -0.390 e. The van der Waals surface area contributed by atoms with Gasteiger partial charge >= 0.3 is 0 Å². The number of nitrogens with zero attached hydrogens (tertiary/aromatic N) is 2. The summed E-state index contributed by atoms with van der Waals surface area (Å²) in [6, 6.07) is 28.7. The maximum atomic E-state index is 13.8. The molecule has 36 heavy (non-hydrogen) atoms. The largest absolute Gasteiger partial charge is 0.390 e. The number of aliphatic hydroxyl groups is 1. The van der Waals surface area contributed by atoms with Crippen LogP contribution in [0.15, 0.2) is 91.0 Å². The molecule has 0 saturated carbocycles. The van der Waals surface area contributed by atoms with E-state index < -0.39 is 11.5 Å². The van der Waals surface area contributed by atoms with Crippen LogP contribution in [0.3, 0.4) is 0 Å². The van der Waals surface area contributed by atoms with Gasteiger partial charge in [-0.05, 0) is 42.6 Å². The number of amides is 2. The van der Waals surface area contributed by atoms with Crippen LogP contribution in [-0.2, 0) is 10.2 Å². The normalized spacial score (nSPS) is 18.4. The van der Waals surface area contributed by atoms with Crippen molar-refractivity contribution in [3.63, 3.8) is 0 Å². The summed E-state index contributed by atoms with van der Waals surface area (Å²) in [6.07, 6.45) is 0.537. The van der Waals surface area contributed by atoms with Crippen molar-refractivity contribution in [2.45, 2.75) is 30.4 Å². The molecule has 2 atom stereocenters. The zero-order valence-corrected chi connectivity index (χ0v) is 21.0. The molecule has 188 valence electrons. The fourth-order valence-corrected chi connectivity index (χ4v) is 5.17. The summed E-state index contributed by atoms with van der Waals surface area (Å²) in [5, 5.41) is 13.9. The number of nitrogens with one attached hydrogen (secondary N) is 1. The Kier molecular flexibility index (Phi) is 8.18. The second-order valence-corrected chi connectivity index (χ2v) is 9.69. The smallest absolute Gasteiger partial charge is 0.251 e. The molecule has 1 heterocycles. The van der Waals surface area contributed by atoms with E-state index in [2.05, 4.69) is 10.2 Å². The molecule has 0 bridgehead atoms. The molecule has 0 unspecified atom stereocenters. The molecule has 6 nitrogen and oxygen atoms in total. The number of likely N-dealkylation sites (N-methyl/N-ethyl adjacent to an activating group) is 1. The molecule has 0 spiro atoms. The van der Waals surface area contributed by atoms with E-state index in [0.29, 0.717) is 31.5 Å². The SMILES string of the molecule is CN(C)C(=O)C(CCN1CC[C@H](NC(=O)c2ccccc2)[C@@H](O)C1)(c1ccccc1)c1ccccc1. The number of benzene rings is 3. The number of carbonyl (C=O) groups excluding carboxylic acids is 2. The van der Waals surface area contributed by atoms with Crippen molar-refractivity contribution in [2.24, 2.45) is 0 Å². The second-order valence-electron chi connectivity index (χ2n) is 9.69. The van der Waals surface area contributed by atoms with Crippen LogP contribution in [0.1, 0.15) is 34.3 Å². The molecule has 1 fully saturated rings. The standard InChI is InChI=1S/C30H35N3O3/c1-32(2)29(36)30(24-14-8-4-9-15-24,25-16-10-5-11-17-25)19-21-33-20-18-26(27(34)22-33)31-28(35)23-12-6-3-7-13-23/h3-17,26-27,34H,18-22H2,1-2H3,(H,31,35)/t26-,27-/m0/s1. The second kappa shape index (κ2) is 11.5. The number of likely N-dealkylation sites (tertiary alicyclic amines) is 1. The van der Waals surface area contributed by atoms with Crippen molar-refractivity contribution < 1.29 is 14.7 Å². The Bertz CT molecular complexity index is 1100. The molecule has 1 aliphatic rings. The van der Waals surface area contributed by atoms with Gasteiger partial charge in [-0.2, -0.15) is 0 Å². The van der Waals surface area contributed by atoms with Crippen molar-refractivity contribution in [3.8, 4) is 0 Å². The topological polar surface area (TPSA) is 72.9 Å². The number of hydrogen-bond acceptors (Lipinski definition) is 4. The van der Waals surface area contributed by atoms with Gasteiger partial charge in [-0.25, -0.2) is 0 Å². The summed E-state index contributed by atoms with van der Waals surface area (Å²) in [7, 11) is 3.60. The number of rotatable bonds is 8. The van der Waals surface area contributed by atoms with E-state index >= 15 is 0 Å². The molecule has 2 N–H and O–H groups in total. The lowest BCUT2D eigenvalue weighted by Crippen LogP contribution is -2.55. The number of piperidine rings is 1. The quantitative estimate of drug-likeness (QED) is 0.514. The van der Waals surface area contributed by atoms with E-state index in [0.717, 1.165) is 17.7 Å². The van der Waals surface area contributed by atoms with Crippen LogP contribution in [0.25, 0.3) is 0 Å². The summed E-state index contributed by atoms with van der Waals surface area (Å²) in [5.74, 6) is -0.137. The van der Waals surface area contributed by atoms with Crippen LogP contribution in [-0.4, -0.2) is 72.6 Å². The molecule has 3 aromatic carbocycles. The van der Waals surface area contributed by atoms with Crippen LogP contribution in [0.2, 0.25) is 0 Å². The lowest BCUT2D eigenvalue weighted by molar-refractivity contribution is -0.133. The Balaban J connectivity index is 1.51. The van der Waals surface area contributed by atoms with Crippen LogP contribution in [0, 0.1) is 0 Å². The zero-order valence-electron chi connectivity index (χ0n) is 21.0. The van der Waals surface area contributed by atoms with Gasteiger partial charge in [0.1, 0.15) is 5.41 Å². The van der Waals surface area contributed by atoms with Crippen molar-refractivity contribution in [2.75, 3.05) is 33.7 Å². The highest BCUT2D eigenvalue weighted by atomic mass is 16.3. The van der Waals surface area contributed by atoms with Gasteiger partial charge in [-0.1, -0.05) is 78.9 Å². The summed E-state index contributed by atoms with van der Waals surface area (Å²) in [5.41, 5.74) is 1.67. The lowest BCUT2D eigenvalue weighted by Gasteiger charge is -2.40. The van der Waals surface area contributed by atoms with E-state index in [4.69, 9.17) is 0 Å². The van der Waals surface area contributed by atoms with E-state index in [1.807, 2.05) is 78.9 Å². The number of β-amino-alcohol motifs (C(OH)–C–C–N with tert-alkyl or cyclic N) is 1. The van der Waals surface area contributed by atoms with Gasteiger partial charge in [0.25, 0.3) is 5.91 Å². The van der Waals surface area contributed by atoms with Gasteiger partial charge in [-0.3, -0.25) is 9.59 Å². The third kappa shape index (κ3) is 5.50. The van der Waals surface area contributed by atoms with Gasteiger partial charge < -0.3 is 20.2 Å². The molecular weight excluding hydrogens is 450 g/mol. The average Bonchev–Trinajstić information content (AvgIpc) is 2.92. The van der Waals surface area contributed by atoms with Crippen molar-refractivity contribution >= 4 is 11.8 Å². The zero-order chi connectivity index (χ0) is 25.5. The highest BCUT2D eigenvalue weighted by Gasteiger charge is 2.43. The van der Waals surface area contributed by atoms with E-state index in [9.17, 15) is 14.7 Å². The molecule has 0 aliphatic carbocycles. The first-order valence-electron chi connectivity index (χ1n) is 12.5. The van der Waals surface area contributed by atoms with Gasteiger partial charge in [0.05, 0.1) is 12.1 Å². The van der Waals surface area contributed by atoms with E-state index in [1.165, 1.54) is 0 Å². The fraction of sp³-hybridized carbons (Fsp3) is 0.333. The Morgan fingerprint density at radius 1 is 0.917 bits per heavy atom. The molecule has 0 aromatic heterocycles. The Morgan fingerprint density at radius 2 is 1.44 bits per heavy atom. The molecule has 2 amide bonds. The summed E-state index contributed by atoms with van der Waals surface area (Å²) < 4.78 is 0. The first kappa shape index (κ1) is 25.6. The molecule has 3 aromatic rings. The Labute approximate surface area is 213 Å². The van der Waals surface area contributed by atoms with Crippen molar-refractivity contribution in [1.29, 1.82) is 0 Å². The summed E-state index contributed by atoms with van der Waals surface area (Å²) in [6.45, 7) is 1.81. The fourth-order valence-electron chi connectivity index (χ4n) is 5.17. The molecule has 4 rings (SSSR count). The van der Waals surface area contributed by atoms with Gasteiger partial charge in [-0.15, -0.1) is 0 Å². The van der Waals surface area contributed by atoms with Crippen LogP contribution in [0.5, 0.6) is 0 Å². The highest BCUT2D eigenvalue weighted by Crippen LogP contribution is 2.38. The average molecular weight is 486 g/mol. The monoisotopic (exact) mass is 485 g/mol. The number of aliphatic hydroxyl groups excluding tert-OH is 1. The van der Waals surface area contributed by atoms with Gasteiger partial charge in [0, 0.05) is 32.7 Å². The summed E-state index contributed by atoms with van der Waals surface area (Å²) in [4.78, 5) is 30.3. The summed E-state index contributed by atoms with van der Waals surface area (Å²) >= 11 is 0. The van der Waals surface area contributed by atoms with Crippen LogP contribution < -0.4 is 5.32 Å². The first-order valence-corrected chi connectivity index (χ1v) is 12.5. The third-order valence-corrected chi connectivity index (χ3v) is 7.13. The van der Waals surface area contributed by atoms with Crippen LogP contribution >= 0.6 is 0 Å². The lowest BCUT2D eigenvalue weighted by atomic mass is 9.70. The van der Waals surface area contributed by atoms with Crippen molar-refractivity contribution in [3.05, 3.63) is 108 Å². The molecule has 1 saturated heterocycles. The molecule has 1 aliphatic heterocycles. The predicted molar refractivity (Wildman–Crippen MR) is 142 cm³/mol. The Morgan fingerprint density at radius 3 is 1.94 bits per heavy atom. The van der Waals surface area contributed by atoms with Crippen LogP contribution in [0.4, 0.5) is 0 Å². The first-order chi connectivity index (χ1) is 17.4. The molecular formula is C30H35N3O3. The minimum absolute atomic E-state index is 0.0328. The van der Waals surface area contributed by atoms with E-state index in [-0.39, 0.29) is 17.9 Å². The maximum absolute atomic E-state index is 13.8. The number of hydrogen-bond donors (Lipinski definition) is 2. The van der Waals surface area contributed by atoms with Gasteiger partial charge in [0.15, 0.2) is 0 Å².